The molecular formula is C22H27NO2. The number of unbranched alkanes of at least 4 members (excludes halogenated alkanes) is 3. The molecule has 0 aliphatic carbocycles. The van der Waals surface area contributed by atoms with Crippen LogP contribution >= 0.6 is 0 Å². The Bertz CT molecular complexity index is 672. The Balaban J connectivity index is 1.78. The normalized spacial score (nSPS) is 10.8. The molecule has 0 unspecified atom stereocenters. The van der Waals surface area contributed by atoms with Gasteiger partial charge in [-0.05, 0) is 49.2 Å². The van der Waals surface area contributed by atoms with E-state index in [1.54, 1.807) is 6.08 Å². The highest BCUT2D eigenvalue weighted by Crippen LogP contribution is 2.16. The topological polar surface area (TPSA) is 38.3 Å². The number of carbonyl (C=O) groups is 1. The molecule has 0 spiro atoms. The Labute approximate surface area is 150 Å². The molecule has 0 radical (unpaired) electrons. The summed E-state index contributed by atoms with van der Waals surface area (Å²) in [6.45, 7) is 4.98. The van der Waals surface area contributed by atoms with Crippen LogP contribution in [-0.4, -0.2) is 12.5 Å². The second kappa shape index (κ2) is 10.3. The molecular weight excluding hydrogens is 310 g/mol. The highest BCUT2D eigenvalue weighted by molar-refractivity contribution is 6.01. The second-order valence-electron chi connectivity index (χ2n) is 6.17. The number of aryl methyl sites for hydroxylation is 1. The maximum Gasteiger partial charge on any atom is 0.248 e. The van der Waals surface area contributed by atoms with Gasteiger partial charge in [-0.15, -0.1) is 0 Å². The van der Waals surface area contributed by atoms with E-state index in [0.717, 1.165) is 30.0 Å². The summed E-state index contributed by atoms with van der Waals surface area (Å²) >= 11 is 0. The smallest absolute Gasteiger partial charge is 0.248 e. The van der Waals surface area contributed by atoms with Gasteiger partial charge in [-0.1, -0.05) is 56.0 Å². The SMILES string of the molecule is CCCCCCOc1ccc(NC(=O)C=Cc2ccc(C)cc2)cc1. The quantitative estimate of drug-likeness (QED) is 0.477. The molecule has 3 heteroatoms. The Morgan fingerprint density at radius 2 is 1.72 bits per heavy atom. The van der Waals surface area contributed by atoms with E-state index < -0.39 is 0 Å². The van der Waals surface area contributed by atoms with Crippen molar-refractivity contribution in [2.24, 2.45) is 0 Å². The molecule has 3 nitrogen and oxygen atoms in total. The lowest BCUT2D eigenvalue weighted by molar-refractivity contribution is -0.111. The van der Waals surface area contributed by atoms with Crippen LogP contribution < -0.4 is 10.1 Å². The van der Waals surface area contributed by atoms with E-state index in [9.17, 15) is 4.79 Å². The summed E-state index contributed by atoms with van der Waals surface area (Å²) in [7, 11) is 0. The zero-order valence-electron chi connectivity index (χ0n) is 15.1. The van der Waals surface area contributed by atoms with Crippen LogP contribution in [0.25, 0.3) is 6.08 Å². The van der Waals surface area contributed by atoms with Gasteiger partial charge in [-0.3, -0.25) is 4.79 Å². The number of rotatable bonds is 9. The van der Waals surface area contributed by atoms with Gasteiger partial charge in [-0.2, -0.15) is 0 Å². The first kappa shape index (κ1) is 18.8. The second-order valence-corrected chi connectivity index (χ2v) is 6.17. The van der Waals surface area contributed by atoms with Gasteiger partial charge in [0.1, 0.15) is 5.75 Å². The lowest BCUT2D eigenvalue weighted by Gasteiger charge is -2.07. The molecule has 0 saturated carbocycles. The molecule has 0 atom stereocenters. The van der Waals surface area contributed by atoms with Crippen molar-refractivity contribution in [1.82, 2.24) is 0 Å². The van der Waals surface area contributed by atoms with Crippen molar-refractivity contribution in [2.45, 2.75) is 39.5 Å². The summed E-state index contributed by atoms with van der Waals surface area (Å²) in [6.07, 6.45) is 8.12. The molecule has 0 fully saturated rings. The number of anilines is 1. The predicted octanol–water partition coefficient (Wildman–Crippen LogP) is 5.61. The number of hydrogen-bond acceptors (Lipinski definition) is 2. The van der Waals surface area contributed by atoms with Gasteiger partial charge in [0.2, 0.25) is 5.91 Å². The first-order valence-corrected chi connectivity index (χ1v) is 8.96. The van der Waals surface area contributed by atoms with Crippen LogP contribution in [0.1, 0.15) is 43.7 Å². The third-order valence-electron chi connectivity index (χ3n) is 3.89. The van der Waals surface area contributed by atoms with Gasteiger partial charge in [0.05, 0.1) is 6.61 Å². The number of hydrogen-bond donors (Lipinski definition) is 1. The Kier molecular flexibility index (Phi) is 7.77. The molecule has 0 bridgehead atoms. The Morgan fingerprint density at radius 3 is 2.40 bits per heavy atom. The number of benzene rings is 2. The molecule has 0 aliphatic heterocycles. The predicted molar refractivity (Wildman–Crippen MR) is 105 cm³/mol. The Morgan fingerprint density at radius 1 is 1.00 bits per heavy atom. The number of carbonyl (C=O) groups excluding carboxylic acids is 1. The van der Waals surface area contributed by atoms with Gasteiger partial charge in [-0.25, -0.2) is 0 Å². The molecule has 132 valence electrons. The van der Waals surface area contributed by atoms with E-state index in [1.165, 1.54) is 24.8 Å². The lowest BCUT2D eigenvalue weighted by Crippen LogP contribution is -2.07. The van der Waals surface area contributed by atoms with E-state index in [2.05, 4.69) is 12.2 Å². The van der Waals surface area contributed by atoms with Crippen molar-refractivity contribution in [2.75, 3.05) is 11.9 Å². The fourth-order valence-corrected chi connectivity index (χ4v) is 2.39. The standard InChI is InChI=1S/C22H27NO2/c1-3-4-5-6-17-25-21-14-12-20(13-15-21)23-22(24)16-11-19-9-7-18(2)8-10-19/h7-16H,3-6,17H2,1-2H3,(H,23,24). The highest BCUT2D eigenvalue weighted by Gasteiger charge is 1.99. The van der Waals surface area contributed by atoms with Gasteiger partial charge in [0, 0.05) is 11.8 Å². The lowest BCUT2D eigenvalue weighted by atomic mass is 10.1. The average Bonchev–Trinajstić information content (AvgIpc) is 2.62. The minimum Gasteiger partial charge on any atom is -0.494 e. The van der Waals surface area contributed by atoms with Crippen molar-refractivity contribution < 1.29 is 9.53 Å². The first-order chi connectivity index (χ1) is 12.2. The van der Waals surface area contributed by atoms with Crippen LogP contribution in [0.3, 0.4) is 0 Å². The molecule has 2 aromatic carbocycles. The van der Waals surface area contributed by atoms with Crippen LogP contribution in [0, 0.1) is 6.92 Å². The molecule has 2 aromatic rings. The number of nitrogens with one attached hydrogen (secondary N) is 1. The minimum atomic E-state index is -0.145. The fraction of sp³-hybridized carbons (Fsp3) is 0.318. The molecule has 0 aromatic heterocycles. The Hall–Kier alpha value is -2.55. The van der Waals surface area contributed by atoms with Gasteiger partial charge in [0.25, 0.3) is 0 Å². The molecule has 25 heavy (non-hydrogen) atoms. The van der Waals surface area contributed by atoms with Crippen LogP contribution in [0.5, 0.6) is 5.75 Å². The fourth-order valence-electron chi connectivity index (χ4n) is 2.39. The molecule has 0 heterocycles. The summed E-state index contributed by atoms with van der Waals surface area (Å²) < 4.78 is 5.70. The van der Waals surface area contributed by atoms with Crippen molar-refractivity contribution in [1.29, 1.82) is 0 Å². The monoisotopic (exact) mass is 337 g/mol. The van der Waals surface area contributed by atoms with E-state index in [-0.39, 0.29) is 5.91 Å². The van der Waals surface area contributed by atoms with Gasteiger partial charge in [0.15, 0.2) is 0 Å². The number of amides is 1. The molecule has 2 rings (SSSR count). The van der Waals surface area contributed by atoms with Crippen molar-refractivity contribution in [3.8, 4) is 5.75 Å². The van der Waals surface area contributed by atoms with Crippen LogP contribution in [0.15, 0.2) is 54.6 Å². The van der Waals surface area contributed by atoms with Gasteiger partial charge >= 0.3 is 0 Å². The molecule has 1 N–H and O–H groups in total. The van der Waals surface area contributed by atoms with E-state index in [4.69, 9.17) is 4.74 Å². The van der Waals surface area contributed by atoms with E-state index in [1.807, 2.05) is 61.5 Å². The van der Waals surface area contributed by atoms with Crippen molar-refractivity contribution >= 4 is 17.7 Å². The summed E-state index contributed by atoms with van der Waals surface area (Å²) in [4.78, 5) is 12.0. The summed E-state index contributed by atoms with van der Waals surface area (Å²) in [5, 5.41) is 2.85. The maximum absolute atomic E-state index is 12.0. The zero-order valence-corrected chi connectivity index (χ0v) is 15.1. The van der Waals surface area contributed by atoms with Crippen LogP contribution in [-0.2, 0) is 4.79 Å². The largest absolute Gasteiger partial charge is 0.494 e. The average molecular weight is 337 g/mol. The van der Waals surface area contributed by atoms with Crippen molar-refractivity contribution in [3.63, 3.8) is 0 Å². The summed E-state index contributed by atoms with van der Waals surface area (Å²) in [5.74, 6) is 0.693. The van der Waals surface area contributed by atoms with Crippen molar-refractivity contribution in [3.05, 3.63) is 65.7 Å². The third kappa shape index (κ3) is 7.25. The highest BCUT2D eigenvalue weighted by atomic mass is 16.5. The summed E-state index contributed by atoms with van der Waals surface area (Å²) in [6, 6.07) is 15.5. The first-order valence-electron chi connectivity index (χ1n) is 8.96. The van der Waals surface area contributed by atoms with E-state index >= 15 is 0 Å². The summed E-state index contributed by atoms with van der Waals surface area (Å²) in [5.41, 5.74) is 2.97. The van der Waals surface area contributed by atoms with Gasteiger partial charge < -0.3 is 10.1 Å². The molecule has 1 amide bonds. The van der Waals surface area contributed by atoms with Crippen LogP contribution in [0.4, 0.5) is 5.69 Å². The maximum atomic E-state index is 12.0. The van der Waals surface area contributed by atoms with Crippen LogP contribution in [0.2, 0.25) is 0 Å². The third-order valence-corrected chi connectivity index (χ3v) is 3.89. The minimum absolute atomic E-state index is 0.145. The number of ether oxygens (including phenoxy) is 1. The molecule has 0 saturated heterocycles. The zero-order chi connectivity index (χ0) is 17.9. The van der Waals surface area contributed by atoms with E-state index in [0.29, 0.717) is 0 Å². The molecule has 0 aliphatic rings.